The number of aliphatic hydroxyl groups is 2. The Morgan fingerprint density at radius 2 is 1.48 bits per heavy atom. The normalized spacial score (nSPS) is 14.3. The van der Waals surface area contributed by atoms with Crippen LogP contribution >= 0.6 is 0 Å². The molecule has 0 saturated heterocycles. The van der Waals surface area contributed by atoms with Gasteiger partial charge >= 0.3 is 0 Å². The fourth-order valence-electron chi connectivity index (χ4n) is 2.60. The molecule has 0 radical (unpaired) electrons. The van der Waals surface area contributed by atoms with Crippen molar-refractivity contribution in [3.8, 4) is 0 Å². The van der Waals surface area contributed by atoms with Gasteiger partial charge in [0.15, 0.2) is 0 Å². The molecule has 23 heavy (non-hydrogen) atoms. The molecule has 0 amide bonds. The zero-order chi connectivity index (χ0) is 16.5. The van der Waals surface area contributed by atoms with Crippen molar-refractivity contribution in [2.45, 2.75) is 45.1 Å². The van der Waals surface area contributed by atoms with Gasteiger partial charge in [-0.25, -0.2) is 0 Å². The molecule has 0 bridgehead atoms. The third-order valence-corrected chi connectivity index (χ3v) is 3.68. The number of nitrogens with zero attached hydrogens (tertiary/aromatic N) is 5. The van der Waals surface area contributed by atoms with E-state index in [1.165, 1.54) is 0 Å². The van der Waals surface area contributed by atoms with Crippen LogP contribution in [0, 0.1) is 0 Å². The molecular weight excluding hydrogens is 294 g/mol. The number of hydrogen-bond acceptors (Lipinski definition) is 5. The molecule has 0 aromatic carbocycles. The van der Waals surface area contributed by atoms with Crippen LogP contribution in [0.25, 0.3) is 0 Å². The summed E-state index contributed by atoms with van der Waals surface area (Å²) in [6.45, 7) is 4.98. The maximum Gasteiger partial charge on any atom is 0.0862 e. The van der Waals surface area contributed by atoms with Crippen LogP contribution in [0.5, 0.6) is 0 Å². The molecule has 0 saturated carbocycles. The molecule has 2 N–H and O–H groups in total. The van der Waals surface area contributed by atoms with Crippen LogP contribution in [0.4, 0.5) is 0 Å². The Hall–Kier alpha value is -1.70. The van der Waals surface area contributed by atoms with E-state index in [2.05, 4.69) is 22.0 Å². The predicted octanol–water partition coefficient (Wildman–Crippen LogP) is 0.604. The van der Waals surface area contributed by atoms with Gasteiger partial charge in [0, 0.05) is 37.9 Å². The smallest absolute Gasteiger partial charge is 0.0862 e. The van der Waals surface area contributed by atoms with E-state index in [0.717, 1.165) is 19.4 Å². The Balaban J connectivity index is 1.82. The number of unbranched alkanes of at least 4 members (excludes halogenated alkanes) is 1. The van der Waals surface area contributed by atoms with Crippen molar-refractivity contribution >= 4 is 0 Å². The quantitative estimate of drug-likeness (QED) is 0.634. The highest BCUT2D eigenvalue weighted by Crippen LogP contribution is 2.03. The minimum atomic E-state index is -0.511. The minimum absolute atomic E-state index is 0.463. The topological polar surface area (TPSA) is 79.3 Å². The van der Waals surface area contributed by atoms with E-state index in [9.17, 15) is 10.2 Å². The Labute approximate surface area is 137 Å². The maximum absolute atomic E-state index is 10.3. The number of hydrogen-bond donors (Lipinski definition) is 2. The second-order valence-corrected chi connectivity index (χ2v) is 5.88. The van der Waals surface area contributed by atoms with Gasteiger partial charge in [-0.1, -0.05) is 13.3 Å². The summed E-state index contributed by atoms with van der Waals surface area (Å²) in [5.74, 6) is 0. The number of rotatable bonds is 11. The van der Waals surface area contributed by atoms with E-state index >= 15 is 0 Å². The standard InChI is InChI=1S/C16H27N5O2/c1-2-3-8-19(11-15(22)13-20-9-4-6-17-20)12-16(23)14-21-10-5-7-18-21/h4-7,9-10,15-16,22-23H,2-3,8,11-14H2,1H3/t15-,16-/m0/s1. The molecule has 0 unspecified atom stereocenters. The molecule has 2 rings (SSSR count). The lowest BCUT2D eigenvalue weighted by atomic mass is 10.2. The summed E-state index contributed by atoms with van der Waals surface area (Å²) in [7, 11) is 0. The van der Waals surface area contributed by atoms with Crippen molar-refractivity contribution in [3.63, 3.8) is 0 Å². The molecule has 7 nitrogen and oxygen atoms in total. The molecule has 0 aliphatic heterocycles. The average molecular weight is 321 g/mol. The van der Waals surface area contributed by atoms with E-state index < -0.39 is 12.2 Å². The van der Waals surface area contributed by atoms with E-state index in [4.69, 9.17) is 0 Å². The fourth-order valence-corrected chi connectivity index (χ4v) is 2.60. The fraction of sp³-hybridized carbons (Fsp3) is 0.625. The van der Waals surface area contributed by atoms with Crippen molar-refractivity contribution in [3.05, 3.63) is 36.9 Å². The molecule has 0 fully saturated rings. The summed E-state index contributed by atoms with van der Waals surface area (Å²) in [4.78, 5) is 2.12. The van der Waals surface area contributed by atoms with Crippen molar-refractivity contribution in [1.82, 2.24) is 24.5 Å². The van der Waals surface area contributed by atoms with Crippen LogP contribution in [0.1, 0.15) is 19.8 Å². The molecule has 0 aliphatic rings. The average Bonchev–Trinajstić information content (AvgIpc) is 3.18. The lowest BCUT2D eigenvalue weighted by Gasteiger charge is -2.27. The first-order chi connectivity index (χ1) is 11.2. The third-order valence-electron chi connectivity index (χ3n) is 3.68. The van der Waals surface area contributed by atoms with Gasteiger partial charge in [-0.15, -0.1) is 0 Å². The molecule has 2 atom stereocenters. The summed E-state index contributed by atoms with van der Waals surface area (Å²) in [5.41, 5.74) is 0. The first kappa shape index (κ1) is 17.7. The van der Waals surface area contributed by atoms with Gasteiger partial charge < -0.3 is 10.2 Å². The van der Waals surface area contributed by atoms with Gasteiger partial charge in [-0.3, -0.25) is 14.3 Å². The second kappa shape index (κ2) is 9.44. The van der Waals surface area contributed by atoms with Crippen LogP contribution in [-0.2, 0) is 13.1 Å². The zero-order valence-corrected chi connectivity index (χ0v) is 13.7. The van der Waals surface area contributed by atoms with Gasteiger partial charge in [0.1, 0.15) is 0 Å². The molecule has 2 aromatic heterocycles. The molecule has 0 aliphatic carbocycles. The summed E-state index contributed by atoms with van der Waals surface area (Å²) in [6, 6.07) is 3.69. The monoisotopic (exact) mass is 321 g/mol. The van der Waals surface area contributed by atoms with Gasteiger partial charge in [-0.2, -0.15) is 10.2 Å². The van der Waals surface area contributed by atoms with Crippen LogP contribution in [0.15, 0.2) is 36.9 Å². The van der Waals surface area contributed by atoms with Crippen LogP contribution < -0.4 is 0 Å². The zero-order valence-electron chi connectivity index (χ0n) is 13.7. The van der Waals surface area contributed by atoms with Gasteiger partial charge in [0.25, 0.3) is 0 Å². The maximum atomic E-state index is 10.3. The van der Waals surface area contributed by atoms with Crippen molar-refractivity contribution in [1.29, 1.82) is 0 Å². The highest BCUT2D eigenvalue weighted by molar-refractivity contribution is 4.80. The van der Waals surface area contributed by atoms with Crippen molar-refractivity contribution in [2.24, 2.45) is 0 Å². The first-order valence-electron chi connectivity index (χ1n) is 8.20. The summed E-state index contributed by atoms with van der Waals surface area (Å²) in [6.07, 6.45) is 8.19. The first-order valence-corrected chi connectivity index (χ1v) is 8.20. The summed E-state index contributed by atoms with van der Waals surface area (Å²) < 4.78 is 3.45. The highest BCUT2D eigenvalue weighted by atomic mass is 16.3. The Bertz CT molecular complexity index is 470. The van der Waals surface area contributed by atoms with Crippen LogP contribution in [-0.4, -0.2) is 66.5 Å². The van der Waals surface area contributed by atoms with Gasteiger partial charge in [0.05, 0.1) is 25.3 Å². The number of aliphatic hydroxyl groups excluding tert-OH is 2. The number of aromatic nitrogens is 4. The van der Waals surface area contributed by atoms with Crippen LogP contribution in [0.2, 0.25) is 0 Å². The van der Waals surface area contributed by atoms with Crippen LogP contribution in [0.3, 0.4) is 0 Å². The summed E-state index contributed by atoms with van der Waals surface area (Å²) >= 11 is 0. The lowest BCUT2D eigenvalue weighted by Crippen LogP contribution is -2.41. The Kier molecular flexibility index (Phi) is 7.25. The molecule has 0 spiro atoms. The summed E-state index contributed by atoms with van der Waals surface area (Å²) in [5, 5.41) is 28.7. The largest absolute Gasteiger partial charge is 0.390 e. The minimum Gasteiger partial charge on any atom is -0.390 e. The van der Waals surface area contributed by atoms with Crippen molar-refractivity contribution in [2.75, 3.05) is 19.6 Å². The van der Waals surface area contributed by atoms with Gasteiger partial charge in [0.2, 0.25) is 0 Å². The van der Waals surface area contributed by atoms with Crippen molar-refractivity contribution < 1.29 is 10.2 Å². The van der Waals surface area contributed by atoms with E-state index in [1.807, 2.05) is 24.5 Å². The SMILES string of the molecule is CCCCN(C[C@H](O)Cn1cccn1)C[C@H](O)Cn1cccn1. The molecular formula is C16H27N5O2. The third kappa shape index (κ3) is 6.52. The van der Waals surface area contributed by atoms with E-state index in [-0.39, 0.29) is 0 Å². The second-order valence-electron chi connectivity index (χ2n) is 5.88. The molecule has 7 heteroatoms. The highest BCUT2D eigenvalue weighted by Gasteiger charge is 2.16. The predicted molar refractivity (Wildman–Crippen MR) is 87.8 cm³/mol. The van der Waals surface area contributed by atoms with Gasteiger partial charge in [-0.05, 0) is 25.1 Å². The van der Waals surface area contributed by atoms with E-state index in [0.29, 0.717) is 26.2 Å². The molecule has 2 heterocycles. The Morgan fingerprint density at radius 3 is 1.87 bits per heavy atom. The molecule has 2 aromatic rings. The van der Waals surface area contributed by atoms with E-state index in [1.54, 1.807) is 21.8 Å². The Morgan fingerprint density at radius 1 is 0.957 bits per heavy atom. The molecule has 128 valence electrons. The lowest BCUT2D eigenvalue weighted by molar-refractivity contribution is 0.0526.